The van der Waals surface area contributed by atoms with Crippen molar-refractivity contribution in [3.63, 3.8) is 0 Å². The molecule has 182 valence electrons. The van der Waals surface area contributed by atoms with Gasteiger partial charge in [0.25, 0.3) is 0 Å². The van der Waals surface area contributed by atoms with E-state index in [2.05, 4.69) is 10.6 Å². The van der Waals surface area contributed by atoms with E-state index in [1.165, 1.54) is 4.90 Å². The molecule has 6 nitrogen and oxygen atoms in total. The van der Waals surface area contributed by atoms with Gasteiger partial charge in [-0.05, 0) is 43.4 Å². The Morgan fingerprint density at radius 3 is 2.22 bits per heavy atom. The normalized spacial score (nSPS) is 26.4. The average Bonchev–Trinajstić information content (AvgIpc) is 3.44. The van der Waals surface area contributed by atoms with E-state index in [-0.39, 0.29) is 23.8 Å². The number of carbonyl (C=O) groups excluding carboxylic acids is 3. The van der Waals surface area contributed by atoms with Crippen LogP contribution in [0.25, 0.3) is 0 Å². The largest absolute Gasteiger partial charge is 0.324 e. The summed E-state index contributed by atoms with van der Waals surface area (Å²) in [5, 5.41) is 6.60. The monoisotopic (exact) mass is 479 g/mol. The molecule has 3 aromatic rings. The van der Waals surface area contributed by atoms with Gasteiger partial charge in [0.05, 0.1) is 11.8 Å². The molecule has 0 radical (unpaired) electrons. The summed E-state index contributed by atoms with van der Waals surface area (Å²) in [4.78, 5) is 43.0. The fourth-order valence-corrected chi connectivity index (χ4v) is 6.47. The lowest BCUT2D eigenvalue weighted by Gasteiger charge is -2.30. The third kappa shape index (κ3) is 3.32. The van der Waals surface area contributed by atoms with Crippen LogP contribution in [-0.4, -0.2) is 35.2 Å². The Labute approximate surface area is 210 Å². The number of hydrogen-bond donors (Lipinski definition) is 2. The molecule has 0 bridgehead atoms. The minimum absolute atomic E-state index is 0.183. The first-order valence-electron chi connectivity index (χ1n) is 12.5. The molecule has 3 aliphatic rings. The first-order valence-corrected chi connectivity index (χ1v) is 12.5. The van der Waals surface area contributed by atoms with Crippen LogP contribution in [-0.2, 0) is 32.8 Å². The molecule has 3 heterocycles. The maximum Gasteiger partial charge on any atom is 0.250 e. The van der Waals surface area contributed by atoms with Crippen molar-refractivity contribution in [3.05, 3.63) is 101 Å². The standard InChI is InChI=1S/C30H29N3O3/c1-18-15-19(2)26-22(16-18)30(29(36)31-26)25-24(23(32-30)17-21-11-7-4-8-12-21)27(34)33(28(25)35)14-13-20-9-5-3-6-10-20/h3-12,15-16,23-25,32H,13-14,17H2,1-2H3,(H,31,36)/t23-,24-,25+,30+/m1/s1. The zero-order chi connectivity index (χ0) is 25.0. The molecular formula is C30H29N3O3. The van der Waals surface area contributed by atoms with Crippen LogP contribution in [0.4, 0.5) is 5.69 Å². The zero-order valence-electron chi connectivity index (χ0n) is 20.5. The van der Waals surface area contributed by atoms with Crippen LogP contribution in [0.2, 0.25) is 0 Å². The van der Waals surface area contributed by atoms with Crippen LogP contribution in [0, 0.1) is 25.7 Å². The molecule has 0 aromatic heterocycles. The molecule has 1 spiro atoms. The molecular weight excluding hydrogens is 450 g/mol. The van der Waals surface area contributed by atoms with E-state index in [0.29, 0.717) is 19.4 Å². The quantitative estimate of drug-likeness (QED) is 0.549. The van der Waals surface area contributed by atoms with Crippen molar-refractivity contribution in [1.29, 1.82) is 0 Å². The second kappa shape index (κ2) is 8.42. The summed E-state index contributed by atoms with van der Waals surface area (Å²) in [6.07, 6.45) is 1.14. The van der Waals surface area contributed by atoms with E-state index in [4.69, 9.17) is 0 Å². The van der Waals surface area contributed by atoms with Crippen LogP contribution in [0.5, 0.6) is 0 Å². The third-order valence-corrected chi connectivity index (χ3v) is 8.02. The summed E-state index contributed by atoms with van der Waals surface area (Å²) >= 11 is 0. The van der Waals surface area contributed by atoms with E-state index in [1.807, 2.05) is 86.6 Å². The van der Waals surface area contributed by atoms with Crippen molar-refractivity contribution < 1.29 is 14.4 Å². The van der Waals surface area contributed by atoms with Gasteiger partial charge >= 0.3 is 0 Å². The number of benzene rings is 3. The van der Waals surface area contributed by atoms with Crippen molar-refractivity contribution in [2.75, 3.05) is 11.9 Å². The number of carbonyl (C=O) groups is 3. The maximum atomic E-state index is 14.0. The molecule has 2 N–H and O–H groups in total. The summed E-state index contributed by atoms with van der Waals surface area (Å²) in [6.45, 7) is 4.27. The summed E-state index contributed by atoms with van der Waals surface area (Å²) in [7, 11) is 0. The van der Waals surface area contributed by atoms with E-state index >= 15 is 0 Å². The second-order valence-corrected chi connectivity index (χ2v) is 10.3. The topological polar surface area (TPSA) is 78.5 Å². The number of hydrogen-bond acceptors (Lipinski definition) is 4. The number of aryl methyl sites for hydroxylation is 2. The predicted molar refractivity (Wildman–Crippen MR) is 137 cm³/mol. The molecule has 2 fully saturated rings. The molecule has 6 heteroatoms. The Kier molecular flexibility index (Phi) is 5.30. The van der Waals surface area contributed by atoms with Gasteiger partial charge in [-0.15, -0.1) is 0 Å². The zero-order valence-corrected chi connectivity index (χ0v) is 20.5. The highest BCUT2D eigenvalue weighted by molar-refractivity contribution is 6.15. The Morgan fingerprint density at radius 2 is 1.53 bits per heavy atom. The Morgan fingerprint density at radius 1 is 0.861 bits per heavy atom. The fraction of sp³-hybridized carbons (Fsp3) is 0.300. The molecule has 3 amide bonds. The molecule has 3 aromatic carbocycles. The third-order valence-electron chi connectivity index (χ3n) is 8.02. The number of nitrogens with one attached hydrogen (secondary N) is 2. The van der Waals surface area contributed by atoms with E-state index < -0.39 is 17.4 Å². The highest BCUT2D eigenvalue weighted by atomic mass is 16.2. The minimum Gasteiger partial charge on any atom is -0.324 e. The number of rotatable bonds is 5. The summed E-state index contributed by atoms with van der Waals surface area (Å²) in [5.41, 5.74) is 4.38. The smallest absolute Gasteiger partial charge is 0.250 e. The minimum atomic E-state index is -1.26. The molecule has 6 rings (SSSR count). The lowest BCUT2D eigenvalue weighted by molar-refractivity contribution is -0.142. The lowest BCUT2D eigenvalue weighted by Crippen LogP contribution is -2.53. The molecule has 2 saturated heterocycles. The number of likely N-dealkylation sites (tertiary alicyclic amines) is 1. The first kappa shape index (κ1) is 22.7. The van der Waals surface area contributed by atoms with Crippen LogP contribution in [0.15, 0.2) is 72.8 Å². The van der Waals surface area contributed by atoms with Crippen LogP contribution in [0.1, 0.15) is 27.8 Å². The van der Waals surface area contributed by atoms with E-state index in [0.717, 1.165) is 33.5 Å². The Bertz CT molecular complexity index is 1370. The highest BCUT2D eigenvalue weighted by Gasteiger charge is 2.70. The van der Waals surface area contributed by atoms with Crippen LogP contribution in [0.3, 0.4) is 0 Å². The Hall–Kier alpha value is -3.77. The van der Waals surface area contributed by atoms with Gasteiger partial charge in [-0.1, -0.05) is 78.4 Å². The number of fused-ring (bicyclic) bond motifs is 4. The fourth-order valence-electron chi connectivity index (χ4n) is 6.47. The molecule has 3 aliphatic heterocycles. The first-order chi connectivity index (χ1) is 17.4. The number of anilines is 1. The van der Waals surface area contributed by atoms with Gasteiger partial charge in [0.15, 0.2) is 0 Å². The van der Waals surface area contributed by atoms with Crippen LogP contribution >= 0.6 is 0 Å². The summed E-state index contributed by atoms with van der Waals surface area (Å²) < 4.78 is 0. The molecule has 0 aliphatic carbocycles. The average molecular weight is 480 g/mol. The van der Waals surface area contributed by atoms with E-state index in [9.17, 15) is 14.4 Å². The van der Waals surface area contributed by atoms with Gasteiger partial charge in [0, 0.05) is 23.8 Å². The van der Waals surface area contributed by atoms with Crippen LogP contribution < -0.4 is 10.6 Å². The molecule has 0 saturated carbocycles. The molecule has 36 heavy (non-hydrogen) atoms. The van der Waals surface area contributed by atoms with Gasteiger partial charge in [-0.3, -0.25) is 24.6 Å². The van der Waals surface area contributed by atoms with Crippen molar-refractivity contribution in [2.24, 2.45) is 11.8 Å². The Balaban J connectivity index is 1.42. The number of imide groups is 1. The van der Waals surface area contributed by atoms with Gasteiger partial charge < -0.3 is 5.32 Å². The van der Waals surface area contributed by atoms with Crippen molar-refractivity contribution in [2.45, 2.75) is 38.3 Å². The predicted octanol–water partition coefficient (Wildman–Crippen LogP) is 3.51. The van der Waals surface area contributed by atoms with Crippen molar-refractivity contribution >= 4 is 23.4 Å². The van der Waals surface area contributed by atoms with Gasteiger partial charge in [0.2, 0.25) is 17.7 Å². The molecule has 4 atom stereocenters. The highest BCUT2D eigenvalue weighted by Crippen LogP contribution is 2.54. The summed E-state index contributed by atoms with van der Waals surface area (Å²) in [5.74, 6) is -2.08. The van der Waals surface area contributed by atoms with E-state index in [1.54, 1.807) is 0 Å². The lowest BCUT2D eigenvalue weighted by atomic mass is 9.75. The molecule has 0 unspecified atom stereocenters. The number of nitrogens with zero attached hydrogens (tertiary/aromatic N) is 1. The van der Waals surface area contributed by atoms with Crippen molar-refractivity contribution in [1.82, 2.24) is 10.2 Å². The second-order valence-electron chi connectivity index (χ2n) is 10.3. The van der Waals surface area contributed by atoms with Gasteiger partial charge in [-0.2, -0.15) is 0 Å². The van der Waals surface area contributed by atoms with Gasteiger partial charge in [-0.25, -0.2) is 0 Å². The van der Waals surface area contributed by atoms with Gasteiger partial charge in [0.1, 0.15) is 5.54 Å². The van der Waals surface area contributed by atoms with Crippen molar-refractivity contribution in [3.8, 4) is 0 Å². The number of amides is 3. The SMILES string of the molecule is Cc1cc(C)c2c(c1)[C@@]1(N[C@H](Cc3ccccc3)[C@H]3C(=O)N(CCc4ccccc4)C(=O)[C@H]31)C(=O)N2. The maximum absolute atomic E-state index is 14.0. The summed E-state index contributed by atoms with van der Waals surface area (Å²) in [6, 6.07) is 23.5.